The summed E-state index contributed by atoms with van der Waals surface area (Å²) in [6.07, 6.45) is 15.7. The van der Waals surface area contributed by atoms with Gasteiger partial charge in [-0.3, -0.25) is 0 Å². The first-order valence-corrected chi connectivity index (χ1v) is 7.98. The van der Waals surface area contributed by atoms with Gasteiger partial charge in [0.25, 0.3) is 0 Å². The molecule has 0 aromatic heterocycles. The first kappa shape index (κ1) is 15.7. The van der Waals surface area contributed by atoms with Gasteiger partial charge in [0.2, 0.25) is 0 Å². The Kier molecular flexibility index (Phi) is 9.23. The summed E-state index contributed by atoms with van der Waals surface area (Å²) < 4.78 is 0. The highest BCUT2D eigenvalue weighted by Gasteiger charge is 2.07. The molecule has 0 aromatic rings. The molecule has 0 amide bonds. The van der Waals surface area contributed by atoms with Crippen LogP contribution in [0.1, 0.15) is 71.1 Å². The van der Waals surface area contributed by atoms with Gasteiger partial charge in [0.05, 0.1) is 0 Å². The highest BCUT2D eigenvalue weighted by Crippen LogP contribution is 2.19. The Bertz CT molecular complexity index is 223. The molecule has 0 bridgehead atoms. The van der Waals surface area contributed by atoms with Gasteiger partial charge >= 0.3 is 0 Å². The Labute approximate surface area is 113 Å². The van der Waals surface area contributed by atoms with Crippen molar-refractivity contribution in [2.45, 2.75) is 77.2 Å². The summed E-state index contributed by atoms with van der Waals surface area (Å²) in [5.41, 5.74) is 7.48. The van der Waals surface area contributed by atoms with E-state index in [1.54, 1.807) is 5.57 Å². The van der Waals surface area contributed by atoms with E-state index in [2.05, 4.69) is 18.3 Å². The summed E-state index contributed by atoms with van der Waals surface area (Å²) in [7, 11) is 0. The van der Waals surface area contributed by atoms with Crippen molar-refractivity contribution < 1.29 is 0 Å². The van der Waals surface area contributed by atoms with Crippen LogP contribution in [0.4, 0.5) is 0 Å². The molecular weight excluding hydrogens is 220 g/mol. The van der Waals surface area contributed by atoms with Crippen LogP contribution >= 0.6 is 0 Å². The summed E-state index contributed by atoms with van der Waals surface area (Å²) in [5, 5.41) is 3.62. The first-order valence-electron chi connectivity index (χ1n) is 7.98. The average Bonchev–Trinajstić information content (AvgIpc) is 2.89. The van der Waals surface area contributed by atoms with Crippen LogP contribution < -0.4 is 11.1 Å². The van der Waals surface area contributed by atoms with Crippen molar-refractivity contribution in [2.75, 3.05) is 13.1 Å². The second-order valence-corrected chi connectivity index (χ2v) is 5.59. The summed E-state index contributed by atoms with van der Waals surface area (Å²) in [6.45, 7) is 4.16. The highest BCUT2D eigenvalue weighted by molar-refractivity contribution is 5.07. The van der Waals surface area contributed by atoms with Crippen LogP contribution in [-0.2, 0) is 0 Å². The minimum absolute atomic E-state index is 0.536. The van der Waals surface area contributed by atoms with E-state index in [9.17, 15) is 0 Å². The molecule has 18 heavy (non-hydrogen) atoms. The molecule has 3 N–H and O–H groups in total. The maximum absolute atomic E-state index is 5.83. The van der Waals surface area contributed by atoms with Gasteiger partial charge in [0.1, 0.15) is 0 Å². The topological polar surface area (TPSA) is 38.0 Å². The molecule has 2 nitrogen and oxygen atoms in total. The second kappa shape index (κ2) is 10.6. The van der Waals surface area contributed by atoms with E-state index in [0.717, 1.165) is 13.1 Å². The molecule has 1 rings (SSSR count). The van der Waals surface area contributed by atoms with Crippen molar-refractivity contribution in [1.82, 2.24) is 5.32 Å². The van der Waals surface area contributed by atoms with Gasteiger partial charge in [-0.15, -0.1) is 0 Å². The molecule has 2 heteroatoms. The van der Waals surface area contributed by atoms with Gasteiger partial charge in [0, 0.05) is 12.6 Å². The molecule has 0 saturated carbocycles. The standard InChI is InChI=1S/C16H32N2/c1-2-3-4-5-6-11-16(14-17)18-13-12-15-9-7-8-10-15/h9,16,18H,2-8,10-14,17H2,1H3. The van der Waals surface area contributed by atoms with E-state index < -0.39 is 0 Å². The predicted molar refractivity (Wildman–Crippen MR) is 80.8 cm³/mol. The van der Waals surface area contributed by atoms with Gasteiger partial charge in [0.15, 0.2) is 0 Å². The van der Waals surface area contributed by atoms with Gasteiger partial charge in [-0.1, -0.05) is 50.7 Å². The normalized spacial score (nSPS) is 16.9. The van der Waals surface area contributed by atoms with Crippen LogP contribution in [0.5, 0.6) is 0 Å². The zero-order valence-electron chi connectivity index (χ0n) is 12.2. The smallest absolute Gasteiger partial charge is 0.0190 e. The Morgan fingerprint density at radius 1 is 1.28 bits per heavy atom. The Morgan fingerprint density at radius 2 is 2.11 bits per heavy atom. The van der Waals surface area contributed by atoms with Crippen LogP contribution in [0, 0.1) is 0 Å². The molecule has 0 heterocycles. The van der Waals surface area contributed by atoms with Crippen molar-refractivity contribution >= 4 is 0 Å². The number of hydrogen-bond acceptors (Lipinski definition) is 2. The van der Waals surface area contributed by atoms with Crippen LogP contribution in [0.2, 0.25) is 0 Å². The monoisotopic (exact) mass is 252 g/mol. The summed E-state index contributed by atoms with van der Waals surface area (Å²) in [5.74, 6) is 0. The average molecular weight is 252 g/mol. The Hall–Kier alpha value is -0.340. The Morgan fingerprint density at radius 3 is 2.78 bits per heavy atom. The molecule has 106 valence electrons. The van der Waals surface area contributed by atoms with Crippen LogP contribution in [-0.4, -0.2) is 19.1 Å². The fraction of sp³-hybridized carbons (Fsp3) is 0.875. The quantitative estimate of drug-likeness (QED) is 0.434. The zero-order valence-corrected chi connectivity index (χ0v) is 12.2. The summed E-state index contributed by atoms with van der Waals surface area (Å²) in [6, 6.07) is 0.536. The lowest BCUT2D eigenvalue weighted by atomic mass is 10.1. The lowest BCUT2D eigenvalue weighted by molar-refractivity contribution is 0.461. The lowest BCUT2D eigenvalue weighted by Gasteiger charge is -2.17. The lowest BCUT2D eigenvalue weighted by Crippen LogP contribution is -2.36. The fourth-order valence-corrected chi connectivity index (χ4v) is 2.70. The molecule has 0 fully saturated rings. The van der Waals surface area contributed by atoms with Crippen molar-refractivity contribution in [1.29, 1.82) is 0 Å². The molecule has 0 aliphatic heterocycles. The largest absolute Gasteiger partial charge is 0.329 e. The molecule has 1 unspecified atom stereocenters. The summed E-state index contributed by atoms with van der Waals surface area (Å²) in [4.78, 5) is 0. The van der Waals surface area contributed by atoms with E-state index in [1.807, 2.05) is 0 Å². The third kappa shape index (κ3) is 7.17. The minimum Gasteiger partial charge on any atom is -0.329 e. The number of nitrogens with two attached hydrogens (primary N) is 1. The van der Waals surface area contributed by atoms with Gasteiger partial charge in [-0.2, -0.15) is 0 Å². The zero-order chi connectivity index (χ0) is 13.1. The maximum Gasteiger partial charge on any atom is 0.0190 e. The SMILES string of the molecule is CCCCCCCC(CN)NCCC1=CCCC1. The van der Waals surface area contributed by atoms with Gasteiger partial charge in [-0.25, -0.2) is 0 Å². The molecule has 1 aliphatic rings. The van der Waals surface area contributed by atoms with E-state index in [0.29, 0.717) is 6.04 Å². The third-order valence-electron chi connectivity index (χ3n) is 3.95. The van der Waals surface area contributed by atoms with Crippen LogP contribution in [0.25, 0.3) is 0 Å². The highest BCUT2D eigenvalue weighted by atomic mass is 14.9. The molecule has 1 aliphatic carbocycles. The van der Waals surface area contributed by atoms with Crippen molar-refractivity contribution in [3.63, 3.8) is 0 Å². The van der Waals surface area contributed by atoms with Crippen molar-refractivity contribution in [3.8, 4) is 0 Å². The number of nitrogens with one attached hydrogen (secondary N) is 1. The van der Waals surface area contributed by atoms with Crippen molar-refractivity contribution in [3.05, 3.63) is 11.6 Å². The Balaban J connectivity index is 1.98. The predicted octanol–water partition coefficient (Wildman–Crippen LogP) is 3.76. The van der Waals surface area contributed by atoms with E-state index in [1.165, 1.54) is 64.2 Å². The summed E-state index contributed by atoms with van der Waals surface area (Å²) >= 11 is 0. The number of rotatable bonds is 11. The fourth-order valence-electron chi connectivity index (χ4n) is 2.70. The van der Waals surface area contributed by atoms with E-state index in [-0.39, 0.29) is 0 Å². The molecule has 0 saturated heterocycles. The van der Waals surface area contributed by atoms with Gasteiger partial charge < -0.3 is 11.1 Å². The van der Waals surface area contributed by atoms with Crippen molar-refractivity contribution in [2.24, 2.45) is 5.73 Å². The minimum atomic E-state index is 0.536. The number of hydrogen-bond donors (Lipinski definition) is 2. The van der Waals surface area contributed by atoms with E-state index >= 15 is 0 Å². The number of allylic oxidation sites excluding steroid dienone is 1. The molecule has 1 atom stereocenters. The molecule has 0 aromatic carbocycles. The first-order chi connectivity index (χ1) is 8.86. The van der Waals surface area contributed by atoms with E-state index in [4.69, 9.17) is 5.73 Å². The molecule has 0 spiro atoms. The molecule has 0 radical (unpaired) electrons. The van der Waals surface area contributed by atoms with Gasteiger partial charge in [-0.05, 0) is 38.6 Å². The van der Waals surface area contributed by atoms with Crippen LogP contribution in [0.15, 0.2) is 11.6 Å². The third-order valence-corrected chi connectivity index (χ3v) is 3.95. The van der Waals surface area contributed by atoms with Crippen LogP contribution in [0.3, 0.4) is 0 Å². The molecular formula is C16H32N2. The second-order valence-electron chi connectivity index (χ2n) is 5.59. The number of unbranched alkanes of at least 4 members (excludes halogenated alkanes) is 4. The maximum atomic E-state index is 5.83.